The normalized spacial score (nSPS) is 21.9. The molecule has 0 radical (unpaired) electrons. The molecule has 0 bridgehead atoms. The molecule has 0 saturated heterocycles. The van der Waals surface area contributed by atoms with Crippen LogP contribution in [0.4, 0.5) is 0 Å². The van der Waals surface area contributed by atoms with Gasteiger partial charge in [-0.15, -0.1) is 0 Å². The Balaban J connectivity index is 0.000000929. The van der Waals surface area contributed by atoms with Crippen molar-refractivity contribution in [2.75, 3.05) is 66.1 Å². The average molecular weight is 1080 g/mol. The Morgan fingerprint density at radius 1 is 0.316 bits per heavy atom. The maximum Gasteiger partial charge on any atom is 0.0471 e. The molecular weight excluding hydrogens is 953 g/mol. The molecule has 4 rings (SSSR count). The monoisotopic (exact) mass is 1070 g/mol. The second-order valence-corrected chi connectivity index (χ2v) is 21.9. The molecule has 10 heteroatoms. The molecule has 2 aliphatic carbocycles. The summed E-state index contributed by atoms with van der Waals surface area (Å²) in [5, 5.41) is 90.6. The zero-order valence-electron chi connectivity index (χ0n) is 50.6. The van der Waals surface area contributed by atoms with Crippen LogP contribution in [0.25, 0.3) is 0 Å². The van der Waals surface area contributed by atoms with Crippen molar-refractivity contribution in [2.24, 2.45) is 59.2 Å². The highest BCUT2D eigenvalue weighted by molar-refractivity contribution is 5.43. The number of hydrogen-bond acceptors (Lipinski definition) is 10. The van der Waals surface area contributed by atoms with Gasteiger partial charge in [-0.1, -0.05) is 132 Å². The van der Waals surface area contributed by atoms with Gasteiger partial charge in [0.25, 0.3) is 0 Å². The summed E-state index contributed by atoms with van der Waals surface area (Å²) in [4.78, 5) is 0. The zero-order chi connectivity index (χ0) is 57.3. The fraction of sp³-hybridized carbons (Fsp3) is 0.818. The maximum atomic E-state index is 9.21. The molecule has 10 atom stereocenters. The predicted octanol–water partition coefficient (Wildman–Crippen LogP) is 11.2. The lowest BCUT2D eigenvalue weighted by Gasteiger charge is -2.43. The van der Waals surface area contributed by atoms with Crippen LogP contribution in [0.15, 0.2) is 24.3 Å². The summed E-state index contributed by atoms with van der Waals surface area (Å²) in [7, 11) is 0. The molecule has 2 aromatic carbocycles. The van der Waals surface area contributed by atoms with Crippen LogP contribution in [-0.2, 0) is 51.4 Å². The lowest BCUT2D eigenvalue weighted by atomic mass is 9.63. The largest absolute Gasteiger partial charge is 0.396 e. The first-order valence-electron chi connectivity index (χ1n) is 31.2. The van der Waals surface area contributed by atoms with Crippen LogP contribution in [0, 0.1) is 59.2 Å². The van der Waals surface area contributed by atoms with E-state index in [0.717, 1.165) is 107 Å². The molecule has 0 aromatic heterocycles. The Hall–Kier alpha value is -1.96. The van der Waals surface area contributed by atoms with Gasteiger partial charge in [0, 0.05) is 66.1 Å². The summed E-state index contributed by atoms with van der Waals surface area (Å²) in [6.07, 6.45) is 24.7. The van der Waals surface area contributed by atoms with Crippen LogP contribution in [0.3, 0.4) is 0 Å². The molecule has 0 spiro atoms. The van der Waals surface area contributed by atoms with Gasteiger partial charge in [-0.3, -0.25) is 0 Å². The van der Waals surface area contributed by atoms with Gasteiger partial charge in [-0.25, -0.2) is 0 Å². The third-order valence-corrected chi connectivity index (χ3v) is 18.2. The van der Waals surface area contributed by atoms with E-state index in [1.165, 1.54) is 95.9 Å². The molecule has 10 nitrogen and oxygen atoms in total. The smallest absolute Gasteiger partial charge is 0.0471 e. The van der Waals surface area contributed by atoms with E-state index in [0.29, 0.717) is 81.2 Å². The number of aryl methyl sites for hydroxylation is 2. The van der Waals surface area contributed by atoms with Crippen LogP contribution in [0.1, 0.15) is 216 Å². The van der Waals surface area contributed by atoms with Crippen molar-refractivity contribution in [3.63, 3.8) is 0 Å². The van der Waals surface area contributed by atoms with Gasteiger partial charge in [0.1, 0.15) is 0 Å². The maximum absolute atomic E-state index is 9.21. The molecule has 76 heavy (non-hydrogen) atoms. The minimum absolute atomic E-state index is 0.174. The molecule has 10 unspecified atom stereocenters. The summed E-state index contributed by atoms with van der Waals surface area (Å²) in [5.74, 6) is 6.97. The molecule has 0 aliphatic heterocycles. The predicted molar refractivity (Wildman–Crippen MR) is 319 cm³/mol. The highest BCUT2D eigenvalue weighted by atomic mass is 16.3. The van der Waals surface area contributed by atoms with Gasteiger partial charge in [-0.05, 0) is 219 Å². The Kier molecular flexibility index (Phi) is 45.6. The summed E-state index contributed by atoms with van der Waals surface area (Å²) in [5.41, 5.74) is 10.3. The number of aliphatic hydroxyl groups is 10. The summed E-state index contributed by atoms with van der Waals surface area (Å²) >= 11 is 0. The van der Waals surface area contributed by atoms with Crippen molar-refractivity contribution in [3.05, 3.63) is 68.8 Å². The van der Waals surface area contributed by atoms with E-state index in [-0.39, 0.29) is 39.6 Å². The van der Waals surface area contributed by atoms with Gasteiger partial charge < -0.3 is 51.1 Å². The number of benzene rings is 2. The molecule has 2 aliphatic rings. The molecule has 0 heterocycles. The van der Waals surface area contributed by atoms with Crippen molar-refractivity contribution in [1.82, 2.24) is 0 Å². The third-order valence-electron chi connectivity index (χ3n) is 18.2. The zero-order valence-corrected chi connectivity index (χ0v) is 50.6. The second kappa shape index (κ2) is 46.8. The van der Waals surface area contributed by atoms with Crippen LogP contribution < -0.4 is 0 Å². The summed E-state index contributed by atoms with van der Waals surface area (Å²) in [6, 6.07) is 8.51. The first-order chi connectivity index (χ1) is 36.9. The first-order valence-corrected chi connectivity index (χ1v) is 31.2. The Morgan fingerprint density at radius 3 is 0.974 bits per heavy atom. The number of aliphatic hydroxyl groups excluding tert-OH is 10. The highest BCUT2D eigenvalue weighted by Crippen LogP contribution is 2.46. The van der Waals surface area contributed by atoms with Crippen molar-refractivity contribution >= 4 is 0 Å². The van der Waals surface area contributed by atoms with E-state index in [4.69, 9.17) is 40.9 Å². The lowest BCUT2D eigenvalue weighted by molar-refractivity contribution is 0.0479. The van der Waals surface area contributed by atoms with Gasteiger partial charge in [0.05, 0.1) is 0 Å². The fourth-order valence-corrected chi connectivity index (χ4v) is 14.2. The average Bonchev–Trinajstić information content (AvgIpc) is 3.44. The fourth-order valence-electron chi connectivity index (χ4n) is 14.2. The number of hydrogen-bond donors (Lipinski definition) is 10. The lowest BCUT2D eigenvalue weighted by Crippen LogP contribution is -2.35. The Labute approximate surface area is 466 Å². The molecule has 0 amide bonds. The van der Waals surface area contributed by atoms with E-state index in [9.17, 15) is 10.2 Å². The molecular formula is C66H122O10. The van der Waals surface area contributed by atoms with E-state index in [1.807, 2.05) is 0 Å². The van der Waals surface area contributed by atoms with Crippen molar-refractivity contribution in [2.45, 2.75) is 223 Å². The molecule has 446 valence electrons. The first kappa shape index (κ1) is 74.0. The van der Waals surface area contributed by atoms with Crippen molar-refractivity contribution in [3.8, 4) is 0 Å². The van der Waals surface area contributed by atoms with Crippen molar-refractivity contribution < 1.29 is 51.1 Å². The standard InChI is InChI=1S/C14H28O2.C14H22O2.C14H28O2.C14H22O2.C10H22O2/c2*1-3-11-5-6-12(7-9-15)13(4-2)14(11)8-10-16;2*1-3-11-5-6-12(7-9-15)14(8-10-16)13(11)4-2;1-3-9(5-7-11)10(4-2)6-8-12/h11-16H,3-10H2,1-2H3;5-6,15-16H,3-4,7-10H2,1-2H3;11-16H,3-10H2,1-2H3;5-6,15-16H,3-4,7-10H2,1-2H3;9-12H,3-8H2,1-2H3. The van der Waals surface area contributed by atoms with Gasteiger partial charge >= 0.3 is 0 Å². The van der Waals surface area contributed by atoms with Gasteiger partial charge in [0.15, 0.2) is 0 Å². The van der Waals surface area contributed by atoms with Gasteiger partial charge in [0.2, 0.25) is 0 Å². The molecule has 2 fully saturated rings. The molecule has 2 aromatic rings. The van der Waals surface area contributed by atoms with E-state index < -0.39 is 0 Å². The minimum atomic E-state index is 0.174. The van der Waals surface area contributed by atoms with E-state index in [1.54, 1.807) is 0 Å². The SMILES string of the molecule is CCC(CCO)C(CC)CCO.CCC1CCC(CCO)C(CC)C1CCO.CCC1CCC(CCO)C(CCO)C1CC.CCc1ccc(CCO)c(CC)c1CCO.CCc1ccc(CCO)c(CCO)c1CC. The van der Waals surface area contributed by atoms with Crippen LogP contribution in [-0.4, -0.2) is 117 Å². The summed E-state index contributed by atoms with van der Waals surface area (Å²) in [6.45, 7) is 24.5. The quantitative estimate of drug-likeness (QED) is 0.0346. The van der Waals surface area contributed by atoms with E-state index >= 15 is 0 Å². The molecule has 10 N–H and O–H groups in total. The highest BCUT2D eigenvalue weighted by Gasteiger charge is 2.38. The van der Waals surface area contributed by atoms with E-state index in [2.05, 4.69) is 93.5 Å². The topological polar surface area (TPSA) is 202 Å². The minimum Gasteiger partial charge on any atom is -0.396 e. The molecule has 2 saturated carbocycles. The third kappa shape index (κ3) is 25.2. The Morgan fingerprint density at radius 2 is 0.632 bits per heavy atom. The van der Waals surface area contributed by atoms with Crippen LogP contribution in [0.2, 0.25) is 0 Å². The summed E-state index contributed by atoms with van der Waals surface area (Å²) < 4.78 is 0. The number of rotatable bonds is 31. The van der Waals surface area contributed by atoms with Crippen LogP contribution >= 0.6 is 0 Å². The van der Waals surface area contributed by atoms with Gasteiger partial charge in [-0.2, -0.15) is 0 Å². The van der Waals surface area contributed by atoms with Crippen molar-refractivity contribution in [1.29, 1.82) is 0 Å². The second-order valence-electron chi connectivity index (χ2n) is 21.9. The van der Waals surface area contributed by atoms with Crippen LogP contribution in [0.5, 0.6) is 0 Å². The Bertz CT molecular complexity index is 1640.